The third-order valence-electron chi connectivity index (χ3n) is 3.94. The van der Waals surface area contributed by atoms with Gasteiger partial charge in [0.05, 0.1) is 12.1 Å². The molecule has 1 heterocycles. The van der Waals surface area contributed by atoms with Crippen LogP contribution in [0.3, 0.4) is 0 Å². The van der Waals surface area contributed by atoms with Crippen molar-refractivity contribution in [1.29, 1.82) is 0 Å². The number of fused-ring (bicyclic) bond motifs is 1. The zero-order chi connectivity index (χ0) is 14.8. The molecule has 0 amide bonds. The predicted molar refractivity (Wildman–Crippen MR) is 79.3 cm³/mol. The van der Waals surface area contributed by atoms with Crippen molar-refractivity contribution in [2.45, 2.75) is 32.2 Å². The van der Waals surface area contributed by atoms with Crippen LogP contribution in [-0.2, 0) is 12.8 Å². The highest BCUT2D eigenvalue weighted by Crippen LogP contribution is 2.30. The smallest absolute Gasteiger partial charge is 0.404 e. The number of rotatable bonds is 5. The highest BCUT2D eigenvalue weighted by atomic mass is 16.6. The van der Waals surface area contributed by atoms with Crippen molar-refractivity contribution in [2.24, 2.45) is 0 Å². The average Bonchev–Trinajstić information content (AvgIpc) is 3.12. The van der Waals surface area contributed by atoms with E-state index in [0.29, 0.717) is 5.76 Å². The van der Waals surface area contributed by atoms with Crippen LogP contribution in [0.25, 0.3) is 0 Å². The average molecular weight is 286 g/mol. The molecular formula is C16H18N2O3. The fraction of sp³-hybridized carbons (Fsp3) is 0.375. The molecule has 1 aromatic heterocycles. The molecule has 1 aliphatic carbocycles. The van der Waals surface area contributed by atoms with E-state index in [2.05, 4.69) is 23.5 Å². The minimum Gasteiger partial charge on any atom is -0.404 e. The second kappa shape index (κ2) is 5.69. The molecule has 5 nitrogen and oxygen atoms in total. The summed E-state index contributed by atoms with van der Waals surface area (Å²) >= 11 is 0. The molecule has 1 aliphatic rings. The maximum atomic E-state index is 10.8. The lowest BCUT2D eigenvalue weighted by molar-refractivity contribution is -0.402. The fourth-order valence-electron chi connectivity index (χ4n) is 2.95. The van der Waals surface area contributed by atoms with Gasteiger partial charge in [0.1, 0.15) is 10.7 Å². The molecule has 21 heavy (non-hydrogen) atoms. The van der Waals surface area contributed by atoms with Gasteiger partial charge in [0.25, 0.3) is 0 Å². The lowest BCUT2D eigenvalue weighted by Gasteiger charge is -2.17. The van der Waals surface area contributed by atoms with Crippen LogP contribution in [0.15, 0.2) is 34.7 Å². The number of nitrogens with one attached hydrogen (secondary N) is 1. The summed E-state index contributed by atoms with van der Waals surface area (Å²) in [7, 11) is 0. The van der Waals surface area contributed by atoms with Crippen molar-refractivity contribution in [3.63, 3.8) is 0 Å². The maximum Gasteiger partial charge on any atom is 0.433 e. The number of nitrogens with zero attached hydrogens (tertiary/aromatic N) is 1. The molecule has 110 valence electrons. The molecule has 0 fully saturated rings. The monoisotopic (exact) mass is 286 g/mol. The van der Waals surface area contributed by atoms with E-state index in [9.17, 15) is 10.1 Å². The number of hydrogen-bond donors (Lipinski definition) is 1. The first-order valence-corrected chi connectivity index (χ1v) is 7.28. The molecule has 0 bridgehead atoms. The molecule has 0 spiro atoms. The molecule has 0 aliphatic heterocycles. The minimum absolute atomic E-state index is 0.144. The van der Waals surface area contributed by atoms with Gasteiger partial charge in [-0.1, -0.05) is 25.1 Å². The fourth-order valence-corrected chi connectivity index (χ4v) is 2.95. The topological polar surface area (TPSA) is 68.3 Å². The van der Waals surface area contributed by atoms with Gasteiger partial charge >= 0.3 is 5.88 Å². The van der Waals surface area contributed by atoms with Gasteiger partial charge in [-0.2, -0.15) is 0 Å². The van der Waals surface area contributed by atoms with Crippen molar-refractivity contribution in [2.75, 3.05) is 6.54 Å². The van der Waals surface area contributed by atoms with E-state index in [-0.39, 0.29) is 11.9 Å². The number of hydrogen-bond acceptors (Lipinski definition) is 4. The number of benzene rings is 1. The van der Waals surface area contributed by atoms with E-state index < -0.39 is 4.92 Å². The molecule has 2 aromatic rings. The molecule has 1 N–H and O–H groups in total. The molecule has 5 heteroatoms. The van der Waals surface area contributed by atoms with Gasteiger partial charge in [-0.3, -0.25) is 10.1 Å². The van der Waals surface area contributed by atoms with Crippen LogP contribution < -0.4 is 5.32 Å². The Morgan fingerprint density at radius 2 is 2.10 bits per heavy atom. The van der Waals surface area contributed by atoms with E-state index >= 15 is 0 Å². The summed E-state index contributed by atoms with van der Waals surface area (Å²) in [4.78, 5) is 10.3. The van der Waals surface area contributed by atoms with Gasteiger partial charge in [0.15, 0.2) is 0 Å². The SMILES string of the molecule is CCNC(c1ccc2c(c1)CCC2)c1ccc([N+](=O)[O-])o1. The first-order chi connectivity index (χ1) is 10.2. The van der Waals surface area contributed by atoms with Gasteiger partial charge in [-0.25, -0.2) is 0 Å². The molecule has 0 saturated carbocycles. The van der Waals surface area contributed by atoms with Gasteiger partial charge < -0.3 is 9.73 Å². The third kappa shape index (κ3) is 2.69. The van der Waals surface area contributed by atoms with Crippen molar-refractivity contribution < 1.29 is 9.34 Å². The summed E-state index contributed by atoms with van der Waals surface area (Å²) in [6, 6.07) is 9.40. The predicted octanol–water partition coefficient (Wildman–Crippen LogP) is 3.38. The van der Waals surface area contributed by atoms with Gasteiger partial charge in [0, 0.05) is 0 Å². The Bertz CT molecular complexity index is 663. The van der Waals surface area contributed by atoms with Crippen molar-refractivity contribution >= 4 is 5.88 Å². The van der Waals surface area contributed by atoms with Crippen molar-refractivity contribution in [3.8, 4) is 0 Å². The van der Waals surface area contributed by atoms with Crippen LogP contribution in [-0.4, -0.2) is 11.5 Å². The van der Waals surface area contributed by atoms with Crippen molar-refractivity contribution in [1.82, 2.24) is 5.32 Å². The van der Waals surface area contributed by atoms with Crippen LogP contribution in [0, 0.1) is 10.1 Å². The van der Waals surface area contributed by atoms with Crippen LogP contribution in [0.4, 0.5) is 5.88 Å². The summed E-state index contributed by atoms with van der Waals surface area (Å²) in [5, 5.41) is 14.1. The number of nitro groups is 1. The van der Waals surface area contributed by atoms with E-state index in [1.807, 2.05) is 6.92 Å². The summed E-state index contributed by atoms with van der Waals surface area (Å²) in [5.41, 5.74) is 3.90. The quantitative estimate of drug-likeness (QED) is 0.676. The lowest BCUT2D eigenvalue weighted by atomic mass is 9.99. The summed E-state index contributed by atoms with van der Waals surface area (Å²) < 4.78 is 5.37. The first-order valence-electron chi connectivity index (χ1n) is 7.28. The Morgan fingerprint density at radius 3 is 2.81 bits per heavy atom. The minimum atomic E-state index is -0.505. The van der Waals surface area contributed by atoms with Gasteiger partial charge in [-0.15, -0.1) is 0 Å². The summed E-state index contributed by atoms with van der Waals surface area (Å²) in [6.45, 7) is 2.77. The zero-order valence-corrected chi connectivity index (χ0v) is 12.0. The molecule has 1 aromatic carbocycles. The second-order valence-electron chi connectivity index (χ2n) is 5.31. The van der Waals surface area contributed by atoms with Crippen LogP contribution in [0.2, 0.25) is 0 Å². The highest BCUT2D eigenvalue weighted by molar-refractivity contribution is 5.39. The van der Waals surface area contributed by atoms with E-state index in [4.69, 9.17) is 4.42 Å². The molecule has 0 radical (unpaired) electrons. The van der Waals surface area contributed by atoms with E-state index in [1.165, 1.54) is 23.6 Å². The third-order valence-corrected chi connectivity index (χ3v) is 3.94. The Balaban J connectivity index is 1.95. The molecular weight excluding hydrogens is 268 g/mol. The van der Waals surface area contributed by atoms with E-state index in [1.54, 1.807) is 6.07 Å². The zero-order valence-electron chi connectivity index (χ0n) is 12.0. The number of furan rings is 1. The first kappa shape index (κ1) is 13.8. The largest absolute Gasteiger partial charge is 0.433 e. The van der Waals surface area contributed by atoms with Crippen LogP contribution in [0.1, 0.15) is 41.8 Å². The van der Waals surface area contributed by atoms with Crippen LogP contribution in [0.5, 0.6) is 0 Å². The van der Waals surface area contributed by atoms with E-state index in [0.717, 1.165) is 24.9 Å². The Morgan fingerprint density at radius 1 is 1.29 bits per heavy atom. The highest BCUT2D eigenvalue weighted by Gasteiger charge is 2.22. The molecule has 1 atom stereocenters. The normalized spacial score (nSPS) is 14.9. The molecule has 1 unspecified atom stereocenters. The Kier molecular flexibility index (Phi) is 3.75. The van der Waals surface area contributed by atoms with Crippen molar-refractivity contribution in [3.05, 3.63) is 62.9 Å². The van der Waals surface area contributed by atoms with Gasteiger partial charge in [0.2, 0.25) is 0 Å². The maximum absolute atomic E-state index is 10.8. The summed E-state index contributed by atoms with van der Waals surface area (Å²) in [6.07, 6.45) is 3.46. The number of aryl methyl sites for hydroxylation is 2. The molecule has 0 saturated heterocycles. The second-order valence-corrected chi connectivity index (χ2v) is 5.31. The summed E-state index contributed by atoms with van der Waals surface area (Å²) in [5.74, 6) is 0.371. The molecule has 3 rings (SSSR count). The lowest BCUT2D eigenvalue weighted by Crippen LogP contribution is -2.21. The Hall–Kier alpha value is -2.14. The van der Waals surface area contributed by atoms with Crippen LogP contribution >= 0.6 is 0 Å². The Labute approximate surface area is 123 Å². The standard InChI is InChI=1S/C16H18N2O3/c1-2-17-16(14-8-9-15(21-14)18(19)20)13-7-6-11-4-3-5-12(11)10-13/h6-10,16-17H,2-5H2,1H3. The van der Waals surface area contributed by atoms with Gasteiger partial charge in [-0.05, 0) is 48.6 Å².